The van der Waals surface area contributed by atoms with Crippen molar-refractivity contribution in [1.82, 2.24) is 9.97 Å². The second kappa shape index (κ2) is 24.8. The van der Waals surface area contributed by atoms with Crippen molar-refractivity contribution in [3.8, 4) is 16.9 Å². The van der Waals surface area contributed by atoms with E-state index in [-0.39, 0.29) is 48.0 Å². The van der Waals surface area contributed by atoms with E-state index in [1.54, 1.807) is 35.9 Å². The molecular weight excluding hydrogens is 936 g/mol. The van der Waals surface area contributed by atoms with Gasteiger partial charge in [-0.2, -0.15) is 0 Å². The molecule has 315 valence electrons. The molecule has 0 unspecified atom stereocenters. The zero-order valence-corrected chi connectivity index (χ0v) is 36.6. The molecule has 0 atom stereocenters. The molecule has 1 N–H and O–H groups in total. The zero-order valence-electron chi connectivity index (χ0n) is 32.8. The van der Waals surface area contributed by atoms with Gasteiger partial charge in [-0.1, -0.05) is 51.0 Å². The van der Waals surface area contributed by atoms with Crippen LogP contribution in [-0.4, -0.2) is 34.2 Å². The summed E-state index contributed by atoms with van der Waals surface area (Å²) < 4.78 is 84.4. The van der Waals surface area contributed by atoms with E-state index >= 15 is 0 Å². The molecule has 16 heteroatoms. The number of carbonyl (C=O) groups excluding carboxylic acids is 2. The van der Waals surface area contributed by atoms with Crippen LogP contribution in [0.25, 0.3) is 11.1 Å². The molecule has 6 aromatic rings. The summed E-state index contributed by atoms with van der Waals surface area (Å²) in [7, 11) is 0.396. The number of carbonyl (C=O) groups is 2. The highest BCUT2D eigenvalue weighted by Gasteiger charge is 2.14. The molecule has 0 fully saturated rings. The van der Waals surface area contributed by atoms with Gasteiger partial charge in [0, 0.05) is 57.5 Å². The van der Waals surface area contributed by atoms with Gasteiger partial charge in [-0.25, -0.2) is 36.3 Å². The Bertz CT molecular complexity index is 2340. The summed E-state index contributed by atoms with van der Waals surface area (Å²) in [6, 6.07) is 15.7. The van der Waals surface area contributed by atoms with Crippen molar-refractivity contribution < 1.29 is 45.6 Å². The molecule has 6 nitrogen and oxygen atoms in total. The first-order valence-electron chi connectivity index (χ1n) is 18.9. The minimum absolute atomic E-state index is 0.0217. The Kier molecular flexibility index (Phi) is 19.9. The lowest BCUT2D eigenvalue weighted by atomic mass is 10.00. The van der Waals surface area contributed by atoms with Gasteiger partial charge < -0.3 is 9.68 Å². The van der Waals surface area contributed by atoms with E-state index in [9.17, 15) is 35.9 Å². The van der Waals surface area contributed by atoms with Crippen molar-refractivity contribution in [2.75, 3.05) is 0 Å². The monoisotopic (exact) mass is 977 g/mol. The second-order valence-corrected chi connectivity index (χ2v) is 17.0. The van der Waals surface area contributed by atoms with Gasteiger partial charge in [0.1, 0.15) is 29.0 Å². The van der Waals surface area contributed by atoms with E-state index in [1.165, 1.54) is 41.7 Å². The van der Waals surface area contributed by atoms with Crippen LogP contribution >= 0.6 is 45.3 Å². The van der Waals surface area contributed by atoms with Crippen molar-refractivity contribution in [2.24, 2.45) is 0 Å². The predicted octanol–water partition coefficient (Wildman–Crippen LogP) is 11.4. The minimum atomic E-state index is -1.01. The van der Waals surface area contributed by atoms with Crippen LogP contribution in [0, 0.1) is 38.5 Å². The van der Waals surface area contributed by atoms with Crippen molar-refractivity contribution >= 4 is 64.5 Å². The number of unbranched alkanes of at least 4 members (excludes halogenated alkanes) is 2. The summed E-state index contributed by atoms with van der Waals surface area (Å²) in [4.78, 5) is 34.9. The highest BCUT2D eigenvalue weighted by atomic mass is 127. The molecule has 2 heterocycles. The molecule has 60 heavy (non-hydrogen) atoms. The van der Waals surface area contributed by atoms with Crippen LogP contribution in [-0.2, 0) is 48.1 Å². The third kappa shape index (κ3) is 15.9. The minimum Gasteiger partial charge on any atom is -0.537 e. The number of halogens is 7. The Morgan fingerprint density at radius 3 is 1.55 bits per heavy atom. The molecule has 0 saturated carbocycles. The highest BCUT2D eigenvalue weighted by molar-refractivity contribution is 14.1. The third-order valence-electron chi connectivity index (χ3n) is 8.61. The van der Waals surface area contributed by atoms with Gasteiger partial charge in [0.15, 0.2) is 23.3 Å². The molecule has 0 aliphatic heterocycles. The zero-order chi connectivity index (χ0) is 43.6. The molecule has 0 aliphatic rings. The number of Topliss-reactive ketones (excluding diaryl/α,β-unsaturated/α-hetero) is 2. The Balaban J connectivity index is 0.000000217. The molecule has 0 bridgehead atoms. The van der Waals surface area contributed by atoms with E-state index in [0.717, 1.165) is 86.1 Å². The van der Waals surface area contributed by atoms with Crippen molar-refractivity contribution in [3.05, 3.63) is 155 Å². The molecule has 0 saturated heterocycles. The first-order chi connectivity index (χ1) is 28.8. The second-order valence-electron chi connectivity index (χ2n) is 13.4. The van der Waals surface area contributed by atoms with E-state index < -0.39 is 29.1 Å². The predicted molar refractivity (Wildman–Crippen MR) is 232 cm³/mol. The molecular formula is C44H41BF6IN2O4S2. The van der Waals surface area contributed by atoms with E-state index in [4.69, 9.17) is 5.02 Å². The maximum atomic E-state index is 14.4. The molecule has 0 spiro atoms. The first kappa shape index (κ1) is 48.3. The van der Waals surface area contributed by atoms with E-state index in [1.807, 2.05) is 6.07 Å². The fourth-order valence-corrected chi connectivity index (χ4v) is 7.95. The molecule has 0 amide bonds. The summed E-state index contributed by atoms with van der Waals surface area (Å²) in [6.07, 6.45) is 10.5. The van der Waals surface area contributed by atoms with Gasteiger partial charge >= 0.3 is 7.69 Å². The number of benzene rings is 4. The van der Waals surface area contributed by atoms with Crippen molar-refractivity contribution in [3.63, 3.8) is 0 Å². The Labute approximate surface area is 367 Å². The average molecular weight is 978 g/mol. The van der Waals surface area contributed by atoms with Crippen LogP contribution in [0.1, 0.15) is 70.4 Å². The number of hydrogen-bond acceptors (Lipinski definition) is 8. The van der Waals surface area contributed by atoms with Crippen LogP contribution in [0.4, 0.5) is 26.3 Å². The molecule has 2 aromatic heterocycles. The lowest BCUT2D eigenvalue weighted by molar-refractivity contribution is -0.118. The summed E-state index contributed by atoms with van der Waals surface area (Å²) in [5.41, 5.74) is 1.55. The van der Waals surface area contributed by atoms with E-state index in [2.05, 4.69) is 51.1 Å². The fraction of sp³-hybridized carbons (Fsp3) is 0.273. The summed E-state index contributed by atoms with van der Waals surface area (Å²) in [5, 5.41) is 10.2. The first-order valence-corrected chi connectivity index (χ1v) is 21.7. The largest absolute Gasteiger partial charge is 0.569 e. The maximum absolute atomic E-state index is 14.4. The van der Waals surface area contributed by atoms with Gasteiger partial charge in [-0.05, 0) is 113 Å². The lowest BCUT2D eigenvalue weighted by Crippen LogP contribution is -2.07. The normalized spacial score (nSPS) is 10.6. The lowest BCUT2D eigenvalue weighted by Gasteiger charge is -2.07. The molecule has 1 radical (unpaired) electrons. The van der Waals surface area contributed by atoms with Gasteiger partial charge in [0.2, 0.25) is 0 Å². The SMILES string of the molecule is CCCCc1ncc(CC(=O)Cc2ccc(-c3ccc(F)c(F)c3)cc2F)s1.CCCCc1ncc(CC(=O)Cc2ccc(I)cc2F)s1.O[B]Oc1ccc(F)c(F)c1. The third-order valence-corrected chi connectivity index (χ3v) is 11.4. The van der Waals surface area contributed by atoms with Crippen LogP contribution in [0.3, 0.4) is 0 Å². The highest BCUT2D eigenvalue weighted by Crippen LogP contribution is 2.25. The molecule has 0 aliphatic carbocycles. The number of thiazole rings is 2. The van der Waals surface area contributed by atoms with Crippen LogP contribution in [0.15, 0.2) is 85.2 Å². The molecule has 4 aromatic carbocycles. The topological polar surface area (TPSA) is 89.4 Å². The van der Waals surface area contributed by atoms with Crippen LogP contribution in [0.2, 0.25) is 0 Å². The van der Waals surface area contributed by atoms with Gasteiger partial charge in [0.25, 0.3) is 0 Å². The van der Waals surface area contributed by atoms with Crippen molar-refractivity contribution in [2.45, 2.75) is 78.1 Å². The van der Waals surface area contributed by atoms with Gasteiger partial charge in [-0.15, -0.1) is 22.7 Å². The standard InChI is InChI=1S/C22H20F3NOS.C16H17FINOS.C6H4BF2O2/c1-2-3-4-22-26-13-18(28-22)12-17(27)9-16-6-5-14(10-20(16)24)15-7-8-19(23)21(25)11-15;1-2-3-4-16-19-10-14(21-16)9-13(20)7-11-5-6-12(18)8-15(11)17;8-5-2-1-4(11-7-10)3-6(5)9/h5-8,10-11,13H,2-4,9,12H2,1H3;5-6,8,10H,2-4,7,9H2,1H3;1-3,10H. The van der Waals surface area contributed by atoms with Crippen LogP contribution in [0.5, 0.6) is 5.75 Å². The number of rotatable bonds is 17. The quantitative estimate of drug-likeness (QED) is 0.0556. The maximum Gasteiger partial charge on any atom is 0.569 e. The smallest absolute Gasteiger partial charge is 0.537 e. The number of ketones is 2. The number of hydrogen-bond donors (Lipinski definition) is 1. The Morgan fingerprint density at radius 1 is 0.617 bits per heavy atom. The Morgan fingerprint density at radius 2 is 1.08 bits per heavy atom. The van der Waals surface area contributed by atoms with Crippen LogP contribution < -0.4 is 4.65 Å². The van der Waals surface area contributed by atoms with Crippen molar-refractivity contribution in [1.29, 1.82) is 0 Å². The van der Waals surface area contributed by atoms with E-state index in [0.29, 0.717) is 30.8 Å². The number of aryl methyl sites for hydroxylation is 2. The number of aromatic nitrogens is 2. The van der Waals surface area contributed by atoms with Gasteiger partial charge in [0.05, 0.1) is 10.0 Å². The summed E-state index contributed by atoms with van der Waals surface area (Å²) in [5.74, 6) is -4.75. The number of nitrogens with zero attached hydrogens (tertiary/aromatic N) is 2. The molecule has 6 rings (SSSR count). The summed E-state index contributed by atoms with van der Waals surface area (Å²) in [6.45, 7) is 4.26. The Hall–Kier alpha value is -4.39. The average Bonchev–Trinajstić information content (AvgIpc) is 3.87. The fourth-order valence-electron chi connectivity index (χ4n) is 5.51. The van der Waals surface area contributed by atoms with Gasteiger partial charge in [-0.3, -0.25) is 9.59 Å². The summed E-state index contributed by atoms with van der Waals surface area (Å²) >= 11 is 5.17.